The molecule has 4 nitrogen and oxygen atoms in total. The van der Waals surface area contributed by atoms with Gasteiger partial charge in [0, 0.05) is 19.0 Å². The Morgan fingerprint density at radius 1 is 1.47 bits per heavy atom. The Morgan fingerprint density at radius 2 is 2.33 bits per heavy atom. The Bertz CT molecular complexity index is 312. The van der Waals surface area contributed by atoms with Crippen molar-refractivity contribution < 1.29 is 0 Å². The molecule has 0 saturated carbocycles. The van der Waals surface area contributed by atoms with Gasteiger partial charge in [0.2, 0.25) is 0 Å². The molecule has 1 aliphatic rings. The second-order valence-electron chi connectivity index (χ2n) is 4.31. The van der Waals surface area contributed by atoms with Gasteiger partial charge in [-0.1, -0.05) is 6.92 Å². The van der Waals surface area contributed by atoms with Gasteiger partial charge in [-0.05, 0) is 32.7 Å². The normalized spacial score (nSPS) is 21.1. The van der Waals surface area contributed by atoms with E-state index in [9.17, 15) is 0 Å². The average Bonchev–Trinajstić information content (AvgIpc) is 2.83. The van der Waals surface area contributed by atoms with Crippen molar-refractivity contribution >= 4 is 0 Å². The number of aromatic nitrogens is 3. The molecular formula is C11H20N4. The van der Waals surface area contributed by atoms with Crippen LogP contribution in [0.1, 0.15) is 37.8 Å². The summed E-state index contributed by atoms with van der Waals surface area (Å²) in [6, 6.07) is 0.615. The van der Waals surface area contributed by atoms with Gasteiger partial charge in [-0.3, -0.25) is 0 Å². The van der Waals surface area contributed by atoms with E-state index in [0.29, 0.717) is 6.04 Å². The molecule has 0 radical (unpaired) electrons. The molecule has 1 aliphatic heterocycles. The van der Waals surface area contributed by atoms with Crippen LogP contribution in [-0.4, -0.2) is 27.4 Å². The van der Waals surface area contributed by atoms with Crippen molar-refractivity contribution in [1.29, 1.82) is 0 Å². The molecule has 84 valence electrons. The fourth-order valence-electron chi connectivity index (χ4n) is 2.24. The molecule has 1 aromatic heterocycles. The quantitative estimate of drug-likeness (QED) is 0.811. The molecule has 0 amide bonds. The summed E-state index contributed by atoms with van der Waals surface area (Å²) in [4.78, 5) is 0. The van der Waals surface area contributed by atoms with Crippen LogP contribution in [0, 0.1) is 6.92 Å². The summed E-state index contributed by atoms with van der Waals surface area (Å²) in [5.41, 5.74) is 0. The molecule has 0 bridgehead atoms. The molecule has 0 aliphatic carbocycles. The van der Waals surface area contributed by atoms with Crippen molar-refractivity contribution in [3.05, 3.63) is 11.6 Å². The third-order valence-corrected chi connectivity index (χ3v) is 3.05. The first kappa shape index (κ1) is 10.6. The molecule has 1 unspecified atom stereocenters. The van der Waals surface area contributed by atoms with Crippen LogP contribution in [0.4, 0.5) is 0 Å². The first-order valence-electron chi connectivity index (χ1n) is 5.93. The van der Waals surface area contributed by atoms with Crippen LogP contribution >= 0.6 is 0 Å². The Balaban J connectivity index is 2.05. The van der Waals surface area contributed by atoms with Gasteiger partial charge in [0.15, 0.2) is 0 Å². The second kappa shape index (κ2) is 4.75. The van der Waals surface area contributed by atoms with E-state index in [1.54, 1.807) is 0 Å². The summed E-state index contributed by atoms with van der Waals surface area (Å²) >= 11 is 0. The zero-order valence-electron chi connectivity index (χ0n) is 9.66. The first-order chi connectivity index (χ1) is 7.31. The number of hydrogen-bond acceptors (Lipinski definition) is 3. The maximum absolute atomic E-state index is 4.27. The molecule has 1 N–H and O–H groups in total. The van der Waals surface area contributed by atoms with Gasteiger partial charge in [-0.25, -0.2) is 0 Å². The minimum atomic E-state index is 0.615. The molecular weight excluding hydrogens is 188 g/mol. The predicted molar refractivity (Wildman–Crippen MR) is 59.8 cm³/mol. The molecule has 2 rings (SSSR count). The lowest BCUT2D eigenvalue weighted by Gasteiger charge is -2.11. The summed E-state index contributed by atoms with van der Waals surface area (Å²) in [5, 5.41) is 11.9. The molecule has 1 atom stereocenters. The molecule has 2 heterocycles. The molecule has 0 aromatic carbocycles. The minimum absolute atomic E-state index is 0.615. The van der Waals surface area contributed by atoms with Crippen LogP contribution in [0.25, 0.3) is 0 Å². The van der Waals surface area contributed by atoms with E-state index in [-0.39, 0.29) is 0 Å². The van der Waals surface area contributed by atoms with Crippen molar-refractivity contribution in [2.45, 2.75) is 52.1 Å². The number of rotatable bonds is 4. The van der Waals surface area contributed by atoms with E-state index in [1.165, 1.54) is 12.8 Å². The van der Waals surface area contributed by atoms with Gasteiger partial charge in [-0.15, -0.1) is 10.2 Å². The van der Waals surface area contributed by atoms with Gasteiger partial charge in [0.25, 0.3) is 0 Å². The van der Waals surface area contributed by atoms with Crippen LogP contribution in [0.5, 0.6) is 0 Å². The van der Waals surface area contributed by atoms with Crippen molar-refractivity contribution in [2.24, 2.45) is 0 Å². The van der Waals surface area contributed by atoms with Crippen molar-refractivity contribution in [3.63, 3.8) is 0 Å². The average molecular weight is 208 g/mol. The van der Waals surface area contributed by atoms with Crippen molar-refractivity contribution in [3.8, 4) is 0 Å². The van der Waals surface area contributed by atoms with E-state index in [1.807, 2.05) is 6.92 Å². The Hall–Kier alpha value is -0.900. The van der Waals surface area contributed by atoms with E-state index in [0.717, 1.165) is 37.6 Å². The van der Waals surface area contributed by atoms with Gasteiger partial charge < -0.3 is 9.88 Å². The highest BCUT2D eigenvalue weighted by atomic mass is 15.3. The van der Waals surface area contributed by atoms with Crippen LogP contribution in [0.2, 0.25) is 0 Å². The summed E-state index contributed by atoms with van der Waals surface area (Å²) in [5.74, 6) is 2.19. The van der Waals surface area contributed by atoms with E-state index < -0.39 is 0 Å². The van der Waals surface area contributed by atoms with E-state index in [2.05, 4.69) is 27.0 Å². The molecule has 0 spiro atoms. The second-order valence-corrected chi connectivity index (χ2v) is 4.31. The highest BCUT2D eigenvalue weighted by Gasteiger charge is 2.18. The van der Waals surface area contributed by atoms with Gasteiger partial charge in [0.05, 0.1) is 0 Å². The fraction of sp³-hybridized carbons (Fsp3) is 0.818. The first-order valence-corrected chi connectivity index (χ1v) is 5.93. The smallest absolute Gasteiger partial charge is 0.134 e. The Labute approximate surface area is 91.1 Å². The van der Waals surface area contributed by atoms with E-state index in [4.69, 9.17) is 0 Å². The molecule has 4 heteroatoms. The van der Waals surface area contributed by atoms with Crippen molar-refractivity contribution in [1.82, 2.24) is 20.1 Å². The largest absolute Gasteiger partial charge is 0.315 e. The Morgan fingerprint density at radius 3 is 3.00 bits per heavy atom. The summed E-state index contributed by atoms with van der Waals surface area (Å²) in [7, 11) is 0. The SMILES string of the molecule is CCCn1c(C)nnc1CC1CCCN1. The number of hydrogen-bond donors (Lipinski definition) is 1. The summed E-state index contributed by atoms with van der Waals surface area (Å²) in [6.45, 7) is 6.43. The fourth-order valence-corrected chi connectivity index (χ4v) is 2.24. The summed E-state index contributed by atoms with van der Waals surface area (Å²) in [6.07, 6.45) is 4.74. The number of aryl methyl sites for hydroxylation is 1. The van der Waals surface area contributed by atoms with Gasteiger partial charge in [-0.2, -0.15) is 0 Å². The third-order valence-electron chi connectivity index (χ3n) is 3.05. The Kier molecular flexibility index (Phi) is 3.36. The van der Waals surface area contributed by atoms with Crippen LogP contribution in [0.3, 0.4) is 0 Å². The lowest BCUT2D eigenvalue weighted by molar-refractivity contribution is 0.546. The third kappa shape index (κ3) is 2.37. The van der Waals surface area contributed by atoms with Gasteiger partial charge >= 0.3 is 0 Å². The molecule has 15 heavy (non-hydrogen) atoms. The predicted octanol–water partition coefficient (Wildman–Crippen LogP) is 1.29. The molecule has 1 fully saturated rings. The maximum Gasteiger partial charge on any atom is 0.134 e. The topological polar surface area (TPSA) is 42.7 Å². The highest BCUT2D eigenvalue weighted by Crippen LogP contribution is 2.12. The maximum atomic E-state index is 4.27. The van der Waals surface area contributed by atoms with Crippen LogP contribution < -0.4 is 5.32 Å². The monoisotopic (exact) mass is 208 g/mol. The summed E-state index contributed by atoms with van der Waals surface area (Å²) < 4.78 is 2.25. The zero-order valence-corrected chi connectivity index (χ0v) is 9.66. The standard InChI is InChI=1S/C11H20N4/c1-3-7-15-9(2)13-14-11(15)8-10-5-4-6-12-10/h10,12H,3-8H2,1-2H3. The number of nitrogens with zero attached hydrogens (tertiary/aromatic N) is 3. The molecule has 1 saturated heterocycles. The van der Waals surface area contributed by atoms with E-state index >= 15 is 0 Å². The van der Waals surface area contributed by atoms with Gasteiger partial charge in [0.1, 0.15) is 11.6 Å². The lowest BCUT2D eigenvalue weighted by atomic mass is 10.1. The minimum Gasteiger partial charge on any atom is -0.315 e. The van der Waals surface area contributed by atoms with Crippen LogP contribution in [0.15, 0.2) is 0 Å². The molecule has 1 aromatic rings. The van der Waals surface area contributed by atoms with Crippen LogP contribution in [-0.2, 0) is 13.0 Å². The lowest BCUT2D eigenvalue weighted by Crippen LogP contribution is -2.25. The highest BCUT2D eigenvalue weighted by molar-refractivity contribution is 4.97. The zero-order chi connectivity index (χ0) is 10.7. The number of nitrogens with one attached hydrogen (secondary N) is 1. The van der Waals surface area contributed by atoms with Crippen molar-refractivity contribution in [2.75, 3.05) is 6.54 Å².